The predicted octanol–water partition coefficient (Wildman–Crippen LogP) is 2.71. The number of amides is 1. The monoisotopic (exact) mass is 373 g/mol. The summed E-state index contributed by atoms with van der Waals surface area (Å²) in [6.45, 7) is 0.696. The standard InChI is InChI=1S/C21H19N5O2/c27-19(12-17-13-6-1-2-7-14(13)21(28)25-24-17)26-11-5-10-18(26)20-22-15-8-3-4-9-16(15)23-20/h1-4,6-9,18H,5,10-12H2,(H,22,23)(H,25,28)/t18-/m0/s1. The second-order valence-electron chi connectivity index (χ2n) is 7.11. The third-order valence-corrected chi connectivity index (χ3v) is 5.39. The molecule has 1 amide bonds. The fraction of sp³-hybridized carbons (Fsp3) is 0.238. The molecule has 1 aliphatic heterocycles. The molecule has 7 heteroatoms. The summed E-state index contributed by atoms with van der Waals surface area (Å²) in [5, 5.41) is 7.92. The van der Waals surface area contributed by atoms with Gasteiger partial charge in [-0.2, -0.15) is 5.10 Å². The van der Waals surface area contributed by atoms with E-state index in [1.54, 1.807) is 12.1 Å². The number of aromatic amines is 2. The van der Waals surface area contributed by atoms with Crippen molar-refractivity contribution in [1.29, 1.82) is 0 Å². The smallest absolute Gasteiger partial charge is 0.272 e. The average Bonchev–Trinajstić information content (AvgIpc) is 3.37. The van der Waals surface area contributed by atoms with E-state index in [-0.39, 0.29) is 23.9 Å². The fourth-order valence-corrected chi connectivity index (χ4v) is 4.03. The van der Waals surface area contributed by atoms with Gasteiger partial charge in [0, 0.05) is 11.9 Å². The average molecular weight is 373 g/mol. The molecule has 2 aromatic carbocycles. The van der Waals surface area contributed by atoms with Gasteiger partial charge in [0.25, 0.3) is 5.56 Å². The van der Waals surface area contributed by atoms with Crippen molar-refractivity contribution in [1.82, 2.24) is 25.1 Å². The van der Waals surface area contributed by atoms with Gasteiger partial charge in [-0.1, -0.05) is 30.3 Å². The molecule has 0 radical (unpaired) electrons. The van der Waals surface area contributed by atoms with Gasteiger partial charge in [-0.15, -0.1) is 0 Å². The molecule has 4 aromatic rings. The van der Waals surface area contributed by atoms with Gasteiger partial charge in [-0.05, 0) is 31.0 Å². The van der Waals surface area contributed by atoms with E-state index in [2.05, 4.69) is 20.2 Å². The molecule has 2 aromatic heterocycles. The van der Waals surface area contributed by atoms with Gasteiger partial charge in [0.05, 0.1) is 34.6 Å². The molecule has 2 N–H and O–H groups in total. The minimum Gasteiger partial charge on any atom is -0.340 e. The Kier molecular flexibility index (Phi) is 3.93. The Morgan fingerprint density at radius 1 is 1.11 bits per heavy atom. The quantitative estimate of drug-likeness (QED) is 0.577. The number of fused-ring (bicyclic) bond motifs is 2. The number of nitrogens with one attached hydrogen (secondary N) is 2. The minimum atomic E-state index is -0.242. The topological polar surface area (TPSA) is 94.7 Å². The lowest BCUT2D eigenvalue weighted by atomic mass is 10.1. The van der Waals surface area contributed by atoms with E-state index in [9.17, 15) is 9.59 Å². The number of rotatable bonds is 3. The third-order valence-electron chi connectivity index (χ3n) is 5.39. The molecule has 1 aliphatic rings. The molecule has 7 nitrogen and oxygen atoms in total. The maximum absolute atomic E-state index is 13.1. The number of H-pyrrole nitrogens is 2. The summed E-state index contributed by atoms with van der Waals surface area (Å²) in [5.74, 6) is 0.819. The molecule has 28 heavy (non-hydrogen) atoms. The van der Waals surface area contributed by atoms with Crippen LogP contribution in [0.4, 0.5) is 0 Å². The summed E-state index contributed by atoms with van der Waals surface area (Å²) < 4.78 is 0. The van der Waals surface area contributed by atoms with Gasteiger partial charge in [-0.25, -0.2) is 10.1 Å². The van der Waals surface area contributed by atoms with Crippen molar-refractivity contribution in [3.8, 4) is 0 Å². The molecule has 140 valence electrons. The Morgan fingerprint density at radius 2 is 1.89 bits per heavy atom. The number of nitrogens with zero attached hydrogens (tertiary/aromatic N) is 3. The Labute approximate surface area is 160 Å². The van der Waals surface area contributed by atoms with Crippen LogP contribution in [0.25, 0.3) is 21.8 Å². The van der Waals surface area contributed by atoms with Crippen molar-refractivity contribution in [2.75, 3.05) is 6.54 Å². The number of para-hydroxylation sites is 2. The molecule has 0 saturated carbocycles. The van der Waals surface area contributed by atoms with Crippen molar-refractivity contribution >= 4 is 27.7 Å². The van der Waals surface area contributed by atoms with Crippen molar-refractivity contribution in [3.05, 3.63) is 70.4 Å². The second-order valence-corrected chi connectivity index (χ2v) is 7.11. The van der Waals surface area contributed by atoms with Crippen LogP contribution < -0.4 is 5.56 Å². The SMILES string of the molecule is O=C(Cc1n[nH]c(=O)c2ccccc12)N1CCC[C@H]1c1nc2ccccc2[nH]1. The highest BCUT2D eigenvalue weighted by molar-refractivity contribution is 5.88. The minimum absolute atomic E-state index is 0.00680. The molecule has 5 rings (SSSR count). The number of carbonyl (C=O) groups is 1. The molecular formula is C21H19N5O2. The Morgan fingerprint density at radius 3 is 2.75 bits per heavy atom. The first kappa shape index (κ1) is 16.7. The zero-order chi connectivity index (χ0) is 19.1. The number of likely N-dealkylation sites (tertiary alicyclic amines) is 1. The molecule has 1 atom stereocenters. The second kappa shape index (κ2) is 6.60. The van der Waals surface area contributed by atoms with Crippen molar-refractivity contribution in [2.24, 2.45) is 0 Å². The lowest BCUT2D eigenvalue weighted by Gasteiger charge is -2.23. The first-order valence-electron chi connectivity index (χ1n) is 9.41. The number of aromatic nitrogens is 4. The fourth-order valence-electron chi connectivity index (χ4n) is 4.03. The first-order valence-corrected chi connectivity index (χ1v) is 9.41. The maximum Gasteiger partial charge on any atom is 0.272 e. The molecular weight excluding hydrogens is 354 g/mol. The third kappa shape index (κ3) is 2.76. The highest BCUT2D eigenvalue weighted by atomic mass is 16.2. The van der Waals surface area contributed by atoms with Gasteiger partial charge >= 0.3 is 0 Å². The lowest BCUT2D eigenvalue weighted by molar-refractivity contribution is -0.131. The molecule has 0 aliphatic carbocycles. The molecule has 1 saturated heterocycles. The lowest BCUT2D eigenvalue weighted by Crippen LogP contribution is -2.33. The van der Waals surface area contributed by atoms with E-state index in [4.69, 9.17) is 0 Å². The summed E-state index contributed by atoms with van der Waals surface area (Å²) >= 11 is 0. The first-order chi connectivity index (χ1) is 13.7. The van der Waals surface area contributed by atoms with E-state index in [0.717, 1.165) is 35.1 Å². The Hall–Kier alpha value is -3.48. The zero-order valence-corrected chi connectivity index (χ0v) is 15.2. The molecule has 3 heterocycles. The number of imidazole rings is 1. The van der Waals surface area contributed by atoms with Crippen LogP contribution in [-0.2, 0) is 11.2 Å². The summed E-state index contributed by atoms with van der Waals surface area (Å²) in [4.78, 5) is 35.0. The normalized spacial score (nSPS) is 16.9. The number of hydrogen-bond acceptors (Lipinski definition) is 4. The number of carbonyl (C=O) groups excluding carboxylic acids is 1. The predicted molar refractivity (Wildman–Crippen MR) is 106 cm³/mol. The number of benzene rings is 2. The highest BCUT2D eigenvalue weighted by Crippen LogP contribution is 2.32. The van der Waals surface area contributed by atoms with E-state index in [0.29, 0.717) is 17.6 Å². The van der Waals surface area contributed by atoms with E-state index < -0.39 is 0 Å². The van der Waals surface area contributed by atoms with Crippen molar-refractivity contribution < 1.29 is 4.79 Å². The summed E-state index contributed by atoms with van der Waals surface area (Å²) in [6, 6.07) is 15.1. The highest BCUT2D eigenvalue weighted by Gasteiger charge is 2.32. The van der Waals surface area contributed by atoms with Gasteiger partial charge in [0.15, 0.2) is 0 Å². The molecule has 0 spiro atoms. The molecule has 0 bridgehead atoms. The van der Waals surface area contributed by atoms with Gasteiger partial charge < -0.3 is 9.88 Å². The van der Waals surface area contributed by atoms with Crippen LogP contribution in [0.2, 0.25) is 0 Å². The Bertz CT molecular complexity index is 1210. The van der Waals surface area contributed by atoms with E-state index in [1.807, 2.05) is 41.3 Å². The summed E-state index contributed by atoms with van der Waals surface area (Å²) in [6.07, 6.45) is 1.96. The summed E-state index contributed by atoms with van der Waals surface area (Å²) in [7, 11) is 0. The van der Waals surface area contributed by atoms with Gasteiger partial charge in [0.1, 0.15) is 5.82 Å². The van der Waals surface area contributed by atoms with Gasteiger partial charge in [0.2, 0.25) is 5.91 Å². The molecule has 0 unspecified atom stereocenters. The van der Waals surface area contributed by atoms with E-state index >= 15 is 0 Å². The Balaban J connectivity index is 1.45. The number of hydrogen-bond donors (Lipinski definition) is 2. The van der Waals surface area contributed by atoms with Crippen molar-refractivity contribution in [3.63, 3.8) is 0 Å². The van der Waals surface area contributed by atoms with Crippen LogP contribution in [0, 0.1) is 0 Å². The maximum atomic E-state index is 13.1. The largest absolute Gasteiger partial charge is 0.340 e. The van der Waals surface area contributed by atoms with Crippen LogP contribution in [0.1, 0.15) is 30.4 Å². The van der Waals surface area contributed by atoms with Crippen LogP contribution in [0.15, 0.2) is 53.3 Å². The van der Waals surface area contributed by atoms with Crippen LogP contribution in [0.5, 0.6) is 0 Å². The van der Waals surface area contributed by atoms with Gasteiger partial charge in [-0.3, -0.25) is 9.59 Å². The summed E-state index contributed by atoms with van der Waals surface area (Å²) in [5.41, 5.74) is 2.23. The van der Waals surface area contributed by atoms with E-state index in [1.165, 1.54) is 0 Å². The van der Waals surface area contributed by atoms with Crippen LogP contribution in [-0.4, -0.2) is 37.5 Å². The van der Waals surface area contributed by atoms with Crippen molar-refractivity contribution in [2.45, 2.75) is 25.3 Å². The molecule has 1 fully saturated rings. The van der Waals surface area contributed by atoms with Crippen LogP contribution >= 0.6 is 0 Å². The zero-order valence-electron chi connectivity index (χ0n) is 15.2. The van der Waals surface area contributed by atoms with Crippen LogP contribution in [0.3, 0.4) is 0 Å².